The van der Waals surface area contributed by atoms with Crippen molar-refractivity contribution in [2.75, 3.05) is 0 Å². The van der Waals surface area contributed by atoms with Crippen LogP contribution in [0.1, 0.15) is 23.9 Å². The van der Waals surface area contributed by atoms with Gasteiger partial charge in [-0.15, -0.1) is 0 Å². The average Bonchev–Trinajstić information content (AvgIpc) is 3.22. The summed E-state index contributed by atoms with van der Waals surface area (Å²) in [6.07, 6.45) is 0. The van der Waals surface area contributed by atoms with Crippen LogP contribution in [0, 0.1) is 12.8 Å². The van der Waals surface area contributed by atoms with E-state index in [0.717, 1.165) is 33.6 Å². The third-order valence-electron chi connectivity index (χ3n) is 5.05. The second-order valence-corrected chi connectivity index (χ2v) is 6.65. The normalized spacial score (nSPS) is 16.4. The van der Waals surface area contributed by atoms with Crippen molar-refractivity contribution in [3.63, 3.8) is 0 Å². The molecule has 2 aromatic carbocycles. The van der Waals surface area contributed by atoms with Crippen LogP contribution in [0.25, 0.3) is 16.6 Å². The van der Waals surface area contributed by atoms with Crippen LogP contribution in [0.3, 0.4) is 0 Å². The van der Waals surface area contributed by atoms with E-state index >= 15 is 0 Å². The van der Waals surface area contributed by atoms with Crippen molar-refractivity contribution >= 4 is 22.5 Å². The number of imidazole rings is 1. The Morgan fingerprint density at radius 3 is 2.68 bits per heavy atom. The Morgan fingerprint density at radius 2 is 1.92 bits per heavy atom. The maximum atomic E-state index is 12.5. The van der Waals surface area contributed by atoms with Gasteiger partial charge in [-0.05, 0) is 42.7 Å². The number of amides is 1. The molecule has 0 radical (unpaired) electrons. The van der Waals surface area contributed by atoms with E-state index in [1.165, 1.54) is 5.57 Å². The summed E-state index contributed by atoms with van der Waals surface area (Å²) in [4.78, 5) is 17.1. The molecule has 1 aliphatic rings. The number of fused-ring (bicyclic) bond motifs is 1. The number of nitrogens with zero attached hydrogens (tertiary/aromatic N) is 2. The summed E-state index contributed by atoms with van der Waals surface area (Å²) in [5.74, 6) is 0.985. The molecular formula is C21H21N3O. The Morgan fingerprint density at radius 1 is 1.16 bits per heavy atom. The molecule has 1 atom stereocenters. The molecule has 1 aliphatic carbocycles. The first-order valence-electron chi connectivity index (χ1n) is 8.52. The largest absolute Gasteiger partial charge is 0.351 e. The first-order valence-corrected chi connectivity index (χ1v) is 8.52. The summed E-state index contributed by atoms with van der Waals surface area (Å²) >= 11 is 0. The van der Waals surface area contributed by atoms with E-state index in [1.54, 1.807) is 0 Å². The number of benzene rings is 2. The molecule has 1 N–H and O–H groups in total. The standard InChI is InChI=1S/C21H21N3O/c1-13-19(16-7-5-4-6-8-16)20(13)21(25)22-12-15-9-10-18-17(11-15)23-14(2)24(18)3/h4-11,20H,12H2,1-3H3,(H,22,25)/t20-/m1/s1. The summed E-state index contributed by atoms with van der Waals surface area (Å²) in [5.41, 5.74) is 6.62. The van der Waals surface area contributed by atoms with Crippen LogP contribution < -0.4 is 5.32 Å². The third-order valence-corrected chi connectivity index (χ3v) is 5.05. The van der Waals surface area contributed by atoms with E-state index in [4.69, 9.17) is 0 Å². The summed E-state index contributed by atoms with van der Waals surface area (Å²) < 4.78 is 2.07. The van der Waals surface area contributed by atoms with Crippen molar-refractivity contribution in [3.05, 3.63) is 71.1 Å². The fraction of sp³-hybridized carbons (Fsp3) is 0.238. The van der Waals surface area contributed by atoms with Gasteiger partial charge in [0.1, 0.15) is 5.82 Å². The first-order chi connectivity index (χ1) is 12.1. The lowest BCUT2D eigenvalue weighted by atomic mass is 10.1. The highest BCUT2D eigenvalue weighted by Crippen LogP contribution is 2.46. The minimum atomic E-state index is -0.0803. The monoisotopic (exact) mass is 331 g/mol. The van der Waals surface area contributed by atoms with E-state index in [2.05, 4.69) is 39.1 Å². The summed E-state index contributed by atoms with van der Waals surface area (Å²) in [5, 5.41) is 3.06. The lowest BCUT2D eigenvalue weighted by Gasteiger charge is -2.06. The van der Waals surface area contributed by atoms with E-state index in [9.17, 15) is 4.79 Å². The Labute approximate surface area is 147 Å². The Hall–Kier alpha value is -2.88. The molecule has 0 spiro atoms. The number of nitrogens with one attached hydrogen (secondary N) is 1. The summed E-state index contributed by atoms with van der Waals surface area (Å²) in [6, 6.07) is 16.3. The second-order valence-electron chi connectivity index (χ2n) is 6.65. The van der Waals surface area contributed by atoms with Gasteiger partial charge in [-0.2, -0.15) is 0 Å². The maximum absolute atomic E-state index is 12.5. The van der Waals surface area contributed by atoms with Crippen LogP contribution in [0.2, 0.25) is 0 Å². The maximum Gasteiger partial charge on any atom is 0.231 e. The molecule has 126 valence electrons. The first kappa shape index (κ1) is 15.6. The Balaban J connectivity index is 1.43. The molecule has 1 heterocycles. The number of carbonyl (C=O) groups is 1. The minimum absolute atomic E-state index is 0.0775. The second kappa shape index (κ2) is 5.88. The van der Waals surface area contributed by atoms with Crippen LogP contribution in [-0.2, 0) is 18.4 Å². The van der Waals surface area contributed by atoms with Crippen molar-refractivity contribution < 1.29 is 4.79 Å². The smallest absolute Gasteiger partial charge is 0.231 e. The van der Waals surface area contributed by atoms with Gasteiger partial charge in [0, 0.05) is 13.6 Å². The molecule has 0 bridgehead atoms. The van der Waals surface area contributed by atoms with E-state index < -0.39 is 0 Å². The fourth-order valence-electron chi connectivity index (χ4n) is 3.44. The highest BCUT2D eigenvalue weighted by atomic mass is 16.2. The number of aryl methyl sites for hydroxylation is 2. The predicted octanol–water partition coefficient (Wildman–Crippen LogP) is 3.60. The molecule has 0 saturated heterocycles. The van der Waals surface area contributed by atoms with Crippen molar-refractivity contribution in [2.24, 2.45) is 13.0 Å². The zero-order valence-electron chi connectivity index (χ0n) is 14.7. The van der Waals surface area contributed by atoms with Crippen LogP contribution in [-0.4, -0.2) is 15.5 Å². The van der Waals surface area contributed by atoms with E-state index in [-0.39, 0.29) is 11.8 Å². The fourth-order valence-corrected chi connectivity index (χ4v) is 3.44. The van der Waals surface area contributed by atoms with Gasteiger partial charge < -0.3 is 9.88 Å². The average molecular weight is 331 g/mol. The van der Waals surface area contributed by atoms with Gasteiger partial charge >= 0.3 is 0 Å². The molecule has 4 rings (SSSR count). The molecule has 0 aliphatic heterocycles. The molecule has 1 amide bonds. The van der Waals surface area contributed by atoms with Gasteiger partial charge in [0.2, 0.25) is 5.91 Å². The van der Waals surface area contributed by atoms with E-state index in [1.807, 2.05) is 45.2 Å². The highest BCUT2D eigenvalue weighted by molar-refractivity contribution is 6.05. The van der Waals surface area contributed by atoms with Gasteiger partial charge in [0.05, 0.1) is 17.0 Å². The van der Waals surface area contributed by atoms with Gasteiger partial charge in [0.25, 0.3) is 0 Å². The highest BCUT2D eigenvalue weighted by Gasteiger charge is 2.39. The lowest BCUT2D eigenvalue weighted by molar-refractivity contribution is -0.121. The lowest BCUT2D eigenvalue weighted by Crippen LogP contribution is -2.25. The molecule has 0 unspecified atom stereocenters. The number of aromatic nitrogens is 2. The van der Waals surface area contributed by atoms with Crippen molar-refractivity contribution in [3.8, 4) is 0 Å². The SMILES string of the molecule is CC1=C(c2ccccc2)[C@@H]1C(=O)NCc1ccc2c(c1)nc(C)n2C. The summed E-state index contributed by atoms with van der Waals surface area (Å²) in [6.45, 7) is 4.56. The van der Waals surface area contributed by atoms with Crippen LogP contribution in [0.15, 0.2) is 54.1 Å². The zero-order valence-corrected chi connectivity index (χ0v) is 14.7. The quantitative estimate of drug-likeness (QED) is 0.794. The van der Waals surface area contributed by atoms with Gasteiger partial charge in [-0.3, -0.25) is 4.79 Å². The molecular weight excluding hydrogens is 310 g/mol. The molecule has 4 nitrogen and oxygen atoms in total. The zero-order chi connectivity index (χ0) is 17.6. The number of hydrogen-bond donors (Lipinski definition) is 1. The molecule has 1 aromatic heterocycles. The molecule has 3 aromatic rings. The molecule has 4 heteroatoms. The van der Waals surface area contributed by atoms with Gasteiger partial charge in [0.15, 0.2) is 0 Å². The Kier molecular flexibility index (Phi) is 3.68. The molecule has 0 saturated carbocycles. The van der Waals surface area contributed by atoms with Crippen LogP contribution in [0.4, 0.5) is 0 Å². The Bertz CT molecular complexity index is 999. The van der Waals surface area contributed by atoms with Crippen molar-refractivity contribution in [1.29, 1.82) is 0 Å². The predicted molar refractivity (Wildman–Crippen MR) is 99.8 cm³/mol. The molecule has 25 heavy (non-hydrogen) atoms. The van der Waals surface area contributed by atoms with Crippen LogP contribution in [0.5, 0.6) is 0 Å². The number of rotatable bonds is 4. The third kappa shape index (κ3) is 2.74. The molecule has 0 fully saturated rings. The number of carbonyl (C=O) groups excluding carboxylic acids is 1. The number of hydrogen-bond acceptors (Lipinski definition) is 2. The van der Waals surface area contributed by atoms with Crippen molar-refractivity contribution in [1.82, 2.24) is 14.9 Å². The van der Waals surface area contributed by atoms with Gasteiger partial charge in [-0.25, -0.2) is 4.98 Å². The van der Waals surface area contributed by atoms with Crippen molar-refractivity contribution in [2.45, 2.75) is 20.4 Å². The van der Waals surface area contributed by atoms with Gasteiger partial charge in [-0.1, -0.05) is 42.0 Å². The van der Waals surface area contributed by atoms with E-state index in [0.29, 0.717) is 6.54 Å². The minimum Gasteiger partial charge on any atom is -0.351 e. The topological polar surface area (TPSA) is 46.9 Å². The van der Waals surface area contributed by atoms with Crippen LogP contribution >= 0.6 is 0 Å². The summed E-state index contributed by atoms with van der Waals surface area (Å²) in [7, 11) is 2.01.